The summed E-state index contributed by atoms with van der Waals surface area (Å²) in [5.74, 6) is -1.51. The molecule has 0 aliphatic heterocycles. The van der Waals surface area contributed by atoms with Crippen molar-refractivity contribution in [3.05, 3.63) is 63.5 Å². The number of fused-ring (bicyclic) bond motifs is 1. The van der Waals surface area contributed by atoms with Crippen molar-refractivity contribution in [2.45, 2.75) is 20.3 Å². The van der Waals surface area contributed by atoms with Crippen molar-refractivity contribution in [3.63, 3.8) is 0 Å². The van der Waals surface area contributed by atoms with Gasteiger partial charge in [0.05, 0.1) is 29.5 Å². The maximum Gasteiger partial charge on any atom is 0.340 e. The molecule has 0 spiro atoms. The molecule has 3 aromatic rings. The fourth-order valence-electron chi connectivity index (χ4n) is 3.02. The first-order valence-corrected chi connectivity index (χ1v) is 8.85. The second-order valence-electron chi connectivity index (χ2n) is 6.36. The molecule has 1 amide bonds. The van der Waals surface area contributed by atoms with Gasteiger partial charge in [-0.15, -0.1) is 0 Å². The summed E-state index contributed by atoms with van der Waals surface area (Å²) in [7, 11) is 0. The minimum Gasteiger partial charge on any atom is -0.508 e. The lowest BCUT2D eigenvalue weighted by atomic mass is 10.0. The standard InChI is InChI=1S/C21H19NO7/c1-3-28-20(26)12-5-4-6-13(7-12)22-18(25)10-15-11(2)19-16(24)8-14(23)9-17(19)29-21(15)27/h4-9,23-24H,3,10H2,1-2H3,(H,22,25). The summed E-state index contributed by atoms with van der Waals surface area (Å²) in [5, 5.41) is 22.5. The monoisotopic (exact) mass is 397 g/mol. The number of carbonyl (C=O) groups is 2. The van der Waals surface area contributed by atoms with E-state index in [2.05, 4.69) is 5.32 Å². The largest absolute Gasteiger partial charge is 0.508 e. The summed E-state index contributed by atoms with van der Waals surface area (Å²) >= 11 is 0. The molecule has 8 nitrogen and oxygen atoms in total. The molecule has 0 atom stereocenters. The fraction of sp³-hybridized carbons (Fsp3) is 0.190. The number of hydrogen-bond acceptors (Lipinski definition) is 7. The van der Waals surface area contributed by atoms with Gasteiger partial charge in [0.2, 0.25) is 5.91 Å². The van der Waals surface area contributed by atoms with E-state index in [1.54, 1.807) is 32.0 Å². The van der Waals surface area contributed by atoms with Crippen molar-refractivity contribution in [2.75, 3.05) is 11.9 Å². The second kappa shape index (κ2) is 8.05. The average molecular weight is 397 g/mol. The highest BCUT2D eigenvalue weighted by Crippen LogP contribution is 2.32. The number of ether oxygens (including phenoxy) is 1. The Morgan fingerprint density at radius 2 is 1.93 bits per heavy atom. The summed E-state index contributed by atoms with van der Waals surface area (Å²) in [6.45, 7) is 3.51. The van der Waals surface area contributed by atoms with E-state index in [1.807, 2.05) is 0 Å². The summed E-state index contributed by atoms with van der Waals surface area (Å²) in [6, 6.07) is 8.58. The van der Waals surface area contributed by atoms with E-state index in [1.165, 1.54) is 12.1 Å². The van der Waals surface area contributed by atoms with Crippen LogP contribution in [0, 0.1) is 6.92 Å². The molecule has 150 valence electrons. The van der Waals surface area contributed by atoms with Gasteiger partial charge < -0.3 is 24.7 Å². The Morgan fingerprint density at radius 3 is 2.66 bits per heavy atom. The molecule has 0 radical (unpaired) electrons. The highest BCUT2D eigenvalue weighted by molar-refractivity contribution is 5.96. The lowest BCUT2D eigenvalue weighted by Crippen LogP contribution is -2.21. The zero-order chi connectivity index (χ0) is 21.1. The number of anilines is 1. The molecule has 0 unspecified atom stereocenters. The van der Waals surface area contributed by atoms with Crippen molar-refractivity contribution in [3.8, 4) is 11.5 Å². The third-order valence-electron chi connectivity index (χ3n) is 4.34. The number of carbonyl (C=O) groups excluding carboxylic acids is 2. The van der Waals surface area contributed by atoms with Crippen molar-refractivity contribution in [2.24, 2.45) is 0 Å². The summed E-state index contributed by atoms with van der Waals surface area (Å²) in [6.07, 6.45) is -0.298. The summed E-state index contributed by atoms with van der Waals surface area (Å²) in [4.78, 5) is 36.6. The van der Waals surface area contributed by atoms with Gasteiger partial charge in [-0.25, -0.2) is 9.59 Å². The van der Waals surface area contributed by atoms with Crippen molar-refractivity contribution in [1.29, 1.82) is 0 Å². The second-order valence-corrected chi connectivity index (χ2v) is 6.36. The third-order valence-corrected chi connectivity index (χ3v) is 4.34. The van der Waals surface area contributed by atoms with Crippen LogP contribution in [0.1, 0.15) is 28.4 Å². The normalized spacial score (nSPS) is 10.7. The highest BCUT2D eigenvalue weighted by Gasteiger charge is 2.18. The smallest absolute Gasteiger partial charge is 0.340 e. The Bertz CT molecular complexity index is 1160. The minimum atomic E-state index is -0.740. The molecule has 8 heteroatoms. The van der Waals surface area contributed by atoms with Crippen LogP contribution in [0.2, 0.25) is 0 Å². The Labute approximate surface area is 165 Å². The van der Waals surface area contributed by atoms with Gasteiger partial charge >= 0.3 is 11.6 Å². The number of aryl methyl sites for hydroxylation is 1. The van der Waals surface area contributed by atoms with E-state index in [4.69, 9.17) is 9.15 Å². The van der Waals surface area contributed by atoms with Crippen molar-refractivity contribution < 1.29 is 29.0 Å². The van der Waals surface area contributed by atoms with Crippen LogP contribution < -0.4 is 10.9 Å². The van der Waals surface area contributed by atoms with Gasteiger partial charge in [0.25, 0.3) is 0 Å². The fourth-order valence-corrected chi connectivity index (χ4v) is 3.02. The predicted molar refractivity (Wildman–Crippen MR) is 105 cm³/mol. The molecule has 1 aromatic heterocycles. The van der Waals surface area contributed by atoms with E-state index in [9.17, 15) is 24.6 Å². The van der Waals surface area contributed by atoms with Gasteiger partial charge in [-0.2, -0.15) is 0 Å². The molecule has 0 saturated carbocycles. The molecular formula is C21H19NO7. The maximum atomic E-state index is 12.5. The van der Waals surface area contributed by atoms with Crippen LogP contribution in [0.3, 0.4) is 0 Å². The molecule has 0 aliphatic carbocycles. The molecule has 29 heavy (non-hydrogen) atoms. The zero-order valence-corrected chi connectivity index (χ0v) is 15.8. The molecule has 1 heterocycles. The number of benzene rings is 2. The molecular weight excluding hydrogens is 378 g/mol. The minimum absolute atomic E-state index is 0.0243. The van der Waals surface area contributed by atoms with Crippen LogP contribution in [-0.4, -0.2) is 28.7 Å². The van der Waals surface area contributed by atoms with Gasteiger partial charge in [0.15, 0.2) is 0 Å². The van der Waals surface area contributed by atoms with Gasteiger partial charge in [-0.05, 0) is 37.6 Å². The third kappa shape index (κ3) is 4.21. The Balaban J connectivity index is 1.86. The lowest BCUT2D eigenvalue weighted by Gasteiger charge is -2.10. The molecule has 2 aromatic carbocycles. The van der Waals surface area contributed by atoms with E-state index in [-0.39, 0.29) is 46.6 Å². The number of phenols is 2. The van der Waals surface area contributed by atoms with E-state index >= 15 is 0 Å². The maximum absolute atomic E-state index is 12.5. The molecule has 0 fully saturated rings. The van der Waals surface area contributed by atoms with Crippen LogP contribution in [-0.2, 0) is 16.0 Å². The molecule has 3 N–H and O–H groups in total. The lowest BCUT2D eigenvalue weighted by molar-refractivity contribution is -0.115. The first-order valence-electron chi connectivity index (χ1n) is 8.85. The number of phenolic OH excluding ortho intramolecular Hbond substituents is 2. The van der Waals surface area contributed by atoms with E-state index < -0.39 is 17.5 Å². The van der Waals surface area contributed by atoms with Crippen LogP contribution in [0.25, 0.3) is 11.0 Å². The Kier molecular flexibility index (Phi) is 5.54. The first kappa shape index (κ1) is 19.9. The van der Waals surface area contributed by atoms with Gasteiger partial charge in [-0.1, -0.05) is 6.07 Å². The Morgan fingerprint density at radius 1 is 1.17 bits per heavy atom. The number of aromatic hydroxyl groups is 2. The van der Waals surface area contributed by atoms with Gasteiger partial charge in [0, 0.05) is 17.8 Å². The van der Waals surface area contributed by atoms with Crippen LogP contribution >= 0.6 is 0 Å². The number of rotatable bonds is 5. The predicted octanol–water partition coefficient (Wildman–Crippen LogP) is 2.87. The van der Waals surface area contributed by atoms with Crippen LogP contribution in [0.15, 0.2) is 45.6 Å². The van der Waals surface area contributed by atoms with Crippen molar-refractivity contribution in [1.82, 2.24) is 0 Å². The molecule has 0 bridgehead atoms. The summed E-state index contributed by atoms with van der Waals surface area (Å²) < 4.78 is 10.1. The Hall–Kier alpha value is -3.81. The topological polar surface area (TPSA) is 126 Å². The SMILES string of the molecule is CCOC(=O)c1cccc(NC(=O)Cc2c(C)c3c(O)cc(O)cc3oc2=O)c1. The quantitative estimate of drug-likeness (QED) is 0.446. The zero-order valence-electron chi connectivity index (χ0n) is 15.8. The number of amides is 1. The number of esters is 1. The highest BCUT2D eigenvalue weighted by atomic mass is 16.5. The molecule has 3 rings (SSSR count). The van der Waals surface area contributed by atoms with Crippen LogP contribution in [0.4, 0.5) is 5.69 Å². The van der Waals surface area contributed by atoms with Crippen molar-refractivity contribution >= 4 is 28.5 Å². The van der Waals surface area contributed by atoms with Gasteiger partial charge in [-0.3, -0.25) is 4.79 Å². The number of hydrogen-bond donors (Lipinski definition) is 3. The molecule has 0 saturated heterocycles. The average Bonchev–Trinajstić information content (AvgIpc) is 2.64. The van der Waals surface area contributed by atoms with Crippen LogP contribution in [0.5, 0.6) is 11.5 Å². The van der Waals surface area contributed by atoms with Gasteiger partial charge in [0.1, 0.15) is 17.1 Å². The summed E-state index contributed by atoms with van der Waals surface area (Å²) in [5.41, 5.74) is 0.403. The van der Waals surface area contributed by atoms with E-state index in [0.717, 1.165) is 6.07 Å². The number of nitrogens with one attached hydrogen (secondary N) is 1. The molecule has 0 aliphatic rings. The van der Waals surface area contributed by atoms with E-state index in [0.29, 0.717) is 11.3 Å². The first-order chi connectivity index (χ1) is 13.8.